The molecule has 28 heavy (non-hydrogen) atoms. The fraction of sp³-hybridized carbons (Fsp3) is 0.739. The standard InChI is InChI=1S/C23H33FN2O2/c24-18-3-6-21(16-1-4-20(27)5-2-16)22(11-18)17-7-9-26(10-8-17)19-12-23(28-13-19)14-25-15-23/h3,6,11,16-17,19-20,25,27H,1-2,4-5,7-10,12-15H2/t16?,19-,20?/m0/s1. The van der Waals surface area contributed by atoms with Crippen LogP contribution < -0.4 is 5.32 Å². The van der Waals surface area contributed by atoms with Crippen molar-refractivity contribution in [1.29, 1.82) is 0 Å². The van der Waals surface area contributed by atoms with Crippen LogP contribution in [0.3, 0.4) is 0 Å². The van der Waals surface area contributed by atoms with Crippen LogP contribution in [0.15, 0.2) is 18.2 Å². The van der Waals surface area contributed by atoms with Crippen molar-refractivity contribution in [3.05, 3.63) is 35.1 Å². The molecule has 1 aromatic carbocycles. The van der Waals surface area contributed by atoms with Crippen LogP contribution >= 0.6 is 0 Å². The number of nitrogens with one attached hydrogen (secondary N) is 1. The van der Waals surface area contributed by atoms with E-state index in [9.17, 15) is 9.50 Å². The Kier molecular flexibility index (Phi) is 5.20. The molecule has 3 heterocycles. The third-order valence-corrected chi connectivity index (χ3v) is 7.76. The zero-order valence-electron chi connectivity index (χ0n) is 16.7. The van der Waals surface area contributed by atoms with Gasteiger partial charge in [0.25, 0.3) is 0 Å². The molecule has 5 heteroatoms. The molecule has 4 nitrogen and oxygen atoms in total. The molecule has 3 saturated heterocycles. The zero-order chi connectivity index (χ0) is 19.1. The van der Waals surface area contributed by atoms with Crippen LogP contribution in [0.1, 0.15) is 67.9 Å². The fourth-order valence-corrected chi connectivity index (χ4v) is 5.94. The van der Waals surface area contributed by atoms with Gasteiger partial charge in [-0.15, -0.1) is 0 Å². The van der Waals surface area contributed by atoms with Crippen molar-refractivity contribution >= 4 is 0 Å². The van der Waals surface area contributed by atoms with Gasteiger partial charge in [-0.2, -0.15) is 0 Å². The van der Waals surface area contributed by atoms with Gasteiger partial charge in [-0.3, -0.25) is 4.90 Å². The van der Waals surface area contributed by atoms with Crippen LogP contribution in [-0.2, 0) is 4.74 Å². The third-order valence-electron chi connectivity index (χ3n) is 7.76. The minimum Gasteiger partial charge on any atom is -0.393 e. The van der Waals surface area contributed by atoms with Gasteiger partial charge in [-0.25, -0.2) is 4.39 Å². The monoisotopic (exact) mass is 388 g/mol. The van der Waals surface area contributed by atoms with Crippen LogP contribution in [0.2, 0.25) is 0 Å². The van der Waals surface area contributed by atoms with Crippen molar-refractivity contribution in [2.75, 3.05) is 32.8 Å². The highest BCUT2D eigenvalue weighted by Gasteiger charge is 2.47. The van der Waals surface area contributed by atoms with E-state index in [0.717, 1.165) is 77.7 Å². The molecule has 154 valence electrons. The van der Waals surface area contributed by atoms with E-state index in [0.29, 0.717) is 17.9 Å². The molecule has 1 spiro atoms. The molecule has 4 aliphatic rings. The first-order valence-electron chi connectivity index (χ1n) is 11.2. The minimum absolute atomic E-state index is 0.111. The van der Waals surface area contributed by atoms with E-state index in [-0.39, 0.29) is 17.5 Å². The number of nitrogens with zero attached hydrogens (tertiary/aromatic N) is 1. The second-order valence-corrected chi connectivity index (χ2v) is 9.54. The molecule has 2 N–H and O–H groups in total. The maximum Gasteiger partial charge on any atom is 0.123 e. The minimum atomic E-state index is -0.147. The number of halogens is 1. The van der Waals surface area contributed by atoms with E-state index in [2.05, 4.69) is 10.2 Å². The topological polar surface area (TPSA) is 44.7 Å². The zero-order valence-corrected chi connectivity index (χ0v) is 16.7. The molecule has 0 aromatic heterocycles. The summed E-state index contributed by atoms with van der Waals surface area (Å²) in [6, 6.07) is 6.00. The average Bonchev–Trinajstić information content (AvgIpc) is 3.15. The third kappa shape index (κ3) is 3.62. The van der Waals surface area contributed by atoms with Gasteiger partial charge in [-0.1, -0.05) is 6.07 Å². The Bertz CT molecular complexity index is 692. The number of hydrogen-bond donors (Lipinski definition) is 2. The second kappa shape index (κ2) is 7.67. The summed E-state index contributed by atoms with van der Waals surface area (Å²) in [5.41, 5.74) is 2.70. The van der Waals surface area contributed by atoms with Crippen molar-refractivity contribution in [2.45, 2.75) is 74.5 Å². The number of piperidine rings is 1. The van der Waals surface area contributed by atoms with Crippen LogP contribution in [0.4, 0.5) is 4.39 Å². The smallest absolute Gasteiger partial charge is 0.123 e. The Balaban J connectivity index is 1.25. The van der Waals surface area contributed by atoms with Gasteiger partial charge in [0.2, 0.25) is 0 Å². The lowest BCUT2D eigenvalue weighted by atomic mass is 9.76. The Labute approximate surface area is 167 Å². The fourth-order valence-electron chi connectivity index (χ4n) is 5.94. The van der Waals surface area contributed by atoms with Gasteiger partial charge >= 0.3 is 0 Å². The van der Waals surface area contributed by atoms with Crippen molar-refractivity contribution in [2.24, 2.45) is 0 Å². The molecule has 0 unspecified atom stereocenters. The molecule has 1 saturated carbocycles. The predicted molar refractivity (Wildman–Crippen MR) is 107 cm³/mol. The molecule has 1 aromatic rings. The number of benzene rings is 1. The first kappa shape index (κ1) is 19.0. The van der Waals surface area contributed by atoms with E-state index in [1.165, 1.54) is 11.1 Å². The summed E-state index contributed by atoms with van der Waals surface area (Å²) >= 11 is 0. The molecule has 1 aliphatic carbocycles. The summed E-state index contributed by atoms with van der Waals surface area (Å²) in [7, 11) is 0. The molecule has 0 radical (unpaired) electrons. The summed E-state index contributed by atoms with van der Waals surface area (Å²) < 4.78 is 20.2. The first-order chi connectivity index (χ1) is 13.6. The number of ether oxygens (including phenoxy) is 1. The lowest BCUT2D eigenvalue weighted by Crippen LogP contribution is -2.59. The lowest BCUT2D eigenvalue weighted by molar-refractivity contribution is -0.0367. The molecule has 4 fully saturated rings. The SMILES string of the molecule is OC1CCC(c2ccc(F)cc2C2CCN([C@@H]3COC4(CNC4)C3)CC2)CC1. The van der Waals surface area contributed by atoms with Gasteiger partial charge in [0, 0.05) is 19.1 Å². The Morgan fingerprint density at radius 3 is 2.36 bits per heavy atom. The van der Waals surface area contributed by atoms with Crippen LogP contribution in [0.25, 0.3) is 0 Å². The average molecular weight is 389 g/mol. The number of hydrogen-bond acceptors (Lipinski definition) is 4. The first-order valence-corrected chi connectivity index (χ1v) is 11.2. The number of aliphatic hydroxyl groups excluding tert-OH is 1. The van der Waals surface area contributed by atoms with Gasteiger partial charge in [0.1, 0.15) is 5.82 Å². The second-order valence-electron chi connectivity index (χ2n) is 9.54. The van der Waals surface area contributed by atoms with Crippen molar-refractivity contribution in [3.63, 3.8) is 0 Å². The van der Waals surface area contributed by atoms with Gasteiger partial charge in [0.05, 0.1) is 18.3 Å². The van der Waals surface area contributed by atoms with Gasteiger partial charge < -0.3 is 15.2 Å². The molecular formula is C23H33FN2O2. The molecule has 1 atom stereocenters. The number of likely N-dealkylation sites (tertiary alicyclic amines) is 1. The van der Waals surface area contributed by atoms with Crippen LogP contribution in [0.5, 0.6) is 0 Å². The van der Waals surface area contributed by atoms with E-state index in [1.54, 1.807) is 12.1 Å². The number of aliphatic hydroxyl groups is 1. The lowest BCUT2D eigenvalue weighted by Gasteiger charge is -2.40. The Morgan fingerprint density at radius 1 is 1.00 bits per heavy atom. The quantitative estimate of drug-likeness (QED) is 0.835. The highest BCUT2D eigenvalue weighted by molar-refractivity contribution is 5.35. The Hall–Kier alpha value is -1.01. The van der Waals surface area contributed by atoms with E-state index < -0.39 is 0 Å². The van der Waals surface area contributed by atoms with Crippen molar-refractivity contribution < 1.29 is 14.2 Å². The highest BCUT2D eigenvalue weighted by Crippen LogP contribution is 2.41. The molecule has 0 amide bonds. The van der Waals surface area contributed by atoms with Crippen molar-refractivity contribution in [1.82, 2.24) is 10.2 Å². The van der Waals surface area contributed by atoms with Crippen molar-refractivity contribution in [3.8, 4) is 0 Å². The summed E-state index contributed by atoms with van der Waals surface area (Å²) in [6.45, 7) is 5.04. The summed E-state index contributed by atoms with van der Waals surface area (Å²) in [4.78, 5) is 2.61. The molecule has 0 bridgehead atoms. The normalized spacial score (nSPS) is 33.9. The van der Waals surface area contributed by atoms with Gasteiger partial charge in [-0.05, 0) is 93.1 Å². The maximum absolute atomic E-state index is 14.1. The largest absolute Gasteiger partial charge is 0.393 e. The molecule has 3 aliphatic heterocycles. The summed E-state index contributed by atoms with van der Waals surface area (Å²) in [5.74, 6) is 0.822. The summed E-state index contributed by atoms with van der Waals surface area (Å²) in [6.07, 6.45) is 7.01. The predicted octanol–water partition coefficient (Wildman–Crippen LogP) is 3.15. The molecule has 5 rings (SSSR count). The summed E-state index contributed by atoms with van der Waals surface area (Å²) in [5, 5.41) is 13.2. The van der Waals surface area contributed by atoms with E-state index >= 15 is 0 Å². The van der Waals surface area contributed by atoms with Gasteiger partial charge in [0.15, 0.2) is 0 Å². The van der Waals surface area contributed by atoms with Crippen LogP contribution in [0, 0.1) is 5.82 Å². The molecular weight excluding hydrogens is 355 g/mol. The highest BCUT2D eigenvalue weighted by atomic mass is 19.1. The van der Waals surface area contributed by atoms with E-state index in [4.69, 9.17) is 4.74 Å². The van der Waals surface area contributed by atoms with Crippen LogP contribution in [-0.4, -0.2) is 60.5 Å². The Morgan fingerprint density at radius 2 is 1.71 bits per heavy atom. The van der Waals surface area contributed by atoms with E-state index in [1.807, 2.05) is 6.07 Å². The number of rotatable bonds is 3. The maximum atomic E-state index is 14.1.